The first-order chi connectivity index (χ1) is 19.5. The van der Waals surface area contributed by atoms with Crippen LogP contribution < -0.4 is 10.2 Å². The van der Waals surface area contributed by atoms with Crippen molar-refractivity contribution in [3.8, 4) is 11.3 Å². The van der Waals surface area contributed by atoms with Gasteiger partial charge < -0.3 is 24.3 Å². The highest BCUT2D eigenvalue weighted by Crippen LogP contribution is 2.49. The number of allylic oxidation sites excluding steroid dienone is 1. The number of methoxy groups -OCH3 is 1. The normalized spacial score (nSPS) is 16.0. The second-order valence-electron chi connectivity index (χ2n) is 10.6. The van der Waals surface area contributed by atoms with E-state index < -0.39 is 0 Å². The summed E-state index contributed by atoms with van der Waals surface area (Å²) >= 11 is 5.81. The molecule has 0 aromatic carbocycles. The number of thioether (sulfide) groups is 1. The molecule has 3 unspecified atom stereocenters. The molecule has 0 bridgehead atoms. The van der Waals surface area contributed by atoms with Gasteiger partial charge in [-0.05, 0) is 75.4 Å². The number of carbonyl (C=O) groups excluding carboxylic acids is 1. The van der Waals surface area contributed by atoms with Crippen LogP contribution in [-0.4, -0.2) is 56.2 Å². The van der Waals surface area contributed by atoms with Crippen LogP contribution in [0.3, 0.4) is 0 Å². The molecule has 228 valence electrons. The van der Waals surface area contributed by atoms with Gasteiger partial charge in [-0.1, -0.05) is 55.5 Å². The van der Waals surface area contributed by atoms with Crippen molar-refractivity contribution in [2.45, 2.75) is 89.9 Å². The molecule has 13 heteroatoms. The summed E-state index contributed by atoms with van der Waals surface area (Å²) in [5.74, 6) is 0.705. The smallest absolute Gasteiger partial charge is 0.188 e. The van der Waals surface area contributed by atoms with Crippen LogP contribution in [0.25, 0.3) is 11.3 Å². The maximum atomic E-state index is 8.81. The Morgan fingerprint density at radius 3 is 2.54 bits per heavy atom. The summed E-state index contributed by atoms with van der Waals surface area (Å²) in [6.07, 6.45) is 17.1. The molecule has 1 aliphatic rings. The van der Waals surface area contributed by atoms with Gasteiger partial charge in [0.25, 0.3) is 0 Å². The second kappa shape index (κ2) is 17.6. The molecule has 9 nitrogen and oxygen atoms in total. The maximum absolute atomic E-state index is 8.81. The van der Waals surface area contributed by atoms with Crippen LogP contribution in [0.2, 0.25) is 0 Å². The zero-order valence-electron chi connectivity index (χ0n) is 25.6. The molecule has 0 aliphatic carbocycles. The van der Waals surface area contributed by atoms with E-state index in [4.69, 9.17) is 14.5 Å². The molecule has 0 saturated carbocycles. The molecule has 0 radical (unpaired) electrons. The Bertz CT molecular complexity index is 1200. The van der Waals surface area contributed by atoms with Crippen LogP contribution in [0.4, 0.5) is 10.1 Å². The molecule has 1 N–H and O–H groups in total. The van der Waals surface area contributed by atoms with Crippen molar-refractivity contribution in [1.29, 1.82) is 0 Å². The van der Waals surface area contributed by atoms with E-state index in [1.54, 1.807) is 30.2 Å². The van der Waals surface area contributed by atoms with Crippen molar-refractivity contribution in [1.82, 2.24) is 24.1 Å². The number of hydrogen-bond acceptors (Lipinski definition) is 9. The number of nitrogens with one attached hydrogen (secondary N) is 1. The predicted molar refractivity (Wildman–Crippen MR) is 186 cm³/mol. The number of thiazole rings is 1. The predicted octanol–water partition coefficient (Wildman–Crippen LogP) is 8.51. The number of ether oxygens (including phenoxy) is 1. The highest BCUT2D eigenvalue weighted by molar-refractivity contribution is 14.2. The van der Waals surface area contributed by atoms with Gasteiger partial charge in [-0.3, -0.25) is 0 Å². The maximum Gasteiger partial charge on any atom is 0.188 e. The Hall–Kier alpha value is -1.47. The molecular weight excluding hydrogens is 688 g/mol. The van der Waals surface area contributed by atoms with E-state index >= 15 is 0 Å². The Morgan fingerprint density at radius 2 is 2.00 bits per heavy atom. The summed E-state index contributed by atoms with van der Waals surface area (Å²) in [5.41, 5.74) is 2.10. The molecule has 0 spiro atoms. The lowest BCUT2D eigenvalue weighted by Gasteiger charge is -2.29. The van der Waals surface area contributed by atoms with Crippen molar-refractivity contribution in [2.24, 2.45) is 5.92 Å². The van der Waals surface area contributed by atoms with Crippen LogP contribution in [-0.2, 0) is 9.53 Å². The van der Waals surface area contributed by atoms with E-state index in [9.17, 15) is 0 Å². The first-order valence-electron chi connectivity index (χ1n) is 13.7. The van der Waals surface area contributed by atoms with Crippen LogP contribution in [0.5, 0.6) is 0 Å². The second-order valence-corrected chi connectivity index (χ2v) is 14.7. The third-order valence-corrected chi connectivity index (χ3v) is 10.6. The van der Waals surface area contributed by atoms with Crippen LogP contribution in [0.15, 0.2) is 42.1 Å². The summed E-state index contributed by atoms with van der Waals surface area (Å²) in [6, 6.07) is 0.466. The minimum absolute atomic E-state index is 0.0417. The molecule has 0 amide bonds. The number of halogens is 1. The third kappa shape index (κ3) is 11.3. The molecule has 4 rings (SSSR count). The van der Waals surface area contributed by atoms with Crippen molar-refractivity contribution in [2.75, 3.05) is 24.4 Å². The van der Waals surface area contributed by atoms with Crippen molar-refractivity contribution in [3.05, 3.63) is 37.1 Å². The van der Waals surface area contributed by atoms with Gasteiger partial charge in [0.05, 0.1) is 30.2 Å². The summed E-state index contributed by atoms with van der Waals surface area (Å²) in [5, 5.41) is 11.3. The zero-order chi connectivity index (χ0) is 30.6. The fourth-order valence-corrected chi connectivity index (χ4v) is 6.94. The minimum Gasteiger partial charge on any atom is -0.379 e. The molecule has 3 aromatic heterocycles. The fraction of sp³-hybridized carbons (Fsp3) is 0.571. The summed E-state index contributed by atoms with van der Waals surface area (Å²) < 4.78 is 8.98. The Morgan fingerprint density at radius 1 is 1.32 bits per heavy atom. The topological polar surface area (TPSA) is 90.1 Å². The van der Waals surface area contributed by atoms with E-state index in [1.165, 1.54) is 19.8 Å². The average molecular weight is 734 g/mol. The molecule has 4 atom stereocenters. The molecule has 1 aliphatic heterocycles. The van der Waals surface area contributed by atoms with Crippen molar-refractivity contribution in [3.63, 3.8) is 0 Å². The monoisotopic (exact) mass is 733 g/mol. The van der Waals surface area contributed by atoms with Crippen LogP contribution in [0, 0.1) is 5.92 Å². The number of aromatic nitrogens is 5. The number of anilines is 2. The van der Waals surface area contributed by atoms with Gasteiger partial charge in [0.2, 0.25) is 0 Å². The Labute approximate surface area is 268 Å². The van der Waals surface area contributed by atoms with E-state index in [-0.39, 0.29) is 11.1 Å². The molecule has 3 aromatic rings. The third-order valence-electron chi connectivity index (χ3n) is 6.38. The molecule has 0 saturated heterocycles. The first-order valence-corrected chi connectivity index (χ1v) is 19.4. The lowest BCUT2D eigenvalue weighted by Crippen LogP contribution is -2.32. The zero-order valence-corrected chi connectivity index (χ0v) is 30.4. The van der Waals surface area contributed by atoms with E-state index in [2.05, 4.69) is 93.1 Å². The first kappa shape index (κ1) is 35.7. The van der Waals surface area contributed by atoms with Crippen LogP contribution >= 0.6 is 51.5 Å². The fourth-order valence-electron chi connectivity index (χ4n) is 3.61. The number of imidazole rings is 1. The Kier molecular flexibility index (Phi) is 15.3. The number of nitrogens with zero attached hydrogens (tertiary/aromatic N) is 6. The van der Waals surface area contributed by atoms with Gasteiger partial charge in [-0.15, -0.1) is 0 Å². The van der Waals surface area contributed by atoms with Crippen molar-refractivity contribution < 1.29 is 9.53 Å². The molecular formula is C28H45IN7O2PS2. The van der Waals surface area contributed by atoms with E-state index in [0.29, 0.717) is 18.3 Å². The summed E-state index contributed by atoms with van der Waals surface area (Å²) in [4.78, 5) is 20.7. The quantitative estimate of drug-likeness (QED) is 0.0961. The number of carbonyl (C=O) groups is 1. The number of rotatable bonds is 10. The highest BCUT2D eigenvalue weighted by atomic mass is 127. The van der Waals surface area contributed by atoms with E-state index in [1.807, 2.05) is 43.9 Å². The van der Waals surface area contributed by atoms with Gasteiger partial charge in [0, 0.05) is 38.2 Å². The number of hydrogen-bond donors (Lipinski definition) is 1. The van der Waals surface area contributed by atoms with Gasteiger partial charge in [0.1, 0.15) is 16.3 Å². The average Bonchev–Trinajstić information content (AvgIpc) is 3.73. The lowest BCUT2D eigenvalue weighted by atomic mass is 9.96. The summed E-state index contributed by atoms with van der Waals surface area (Å²) in [6.45, 7) is 14.2. The number of aldehydes is 1. The molecule has 0 fully saturated rings. The van der Waals surface area contributed by atoms with Gasteiger partial charge in [-0.25, -0.2) is 14.4 Å². The largest absolute Gasteiger partial charge is 0.379 e. The van der Waals surface area contributed by atoms with Gasteiger partial charge in [0.15, 0.2) is 10.6 Å². The van der Waals surface area contributed by atoms with Gasteiger partial charge >= 0.3 is 0 Å². The Balaban J connectivity index is 0.000000572. The highest BCUT2D eigenvalue weighted by Gasteiger charge is 2.29. The SMILES string of the molecule is C/C=C\CC(C[C@H](C)CC)N(C)c1nc2c(s1)NC(n1cnc(-c3cnn(PI)c3)c1)S2.CC=O.COC(C)(C)C. The van der Waals surface area contributed by atoms with E-state index in [0.717, 1.165) is 39.1 Å². The summed E-state index contributed by atoms with van der Waals surface area (Å²) in [7, 11) is 3.89. The lowest BCUT2D eigenvalue weighted by molar-refractivity contribution is -0.106. The standard InChI is InChI=1S/C21H29IN7PS2.C5H12O.C2H4O/c1-5-7-8-16(9-14(3)6-2)27(4)20-25-18-19(31-20)26-21(32-18)28-12-17(23-13-28)15-10-24-29(11-15)30-22;1-5(2,3)6-4;1-2-3/h5,7,10-14,16,21,26,30H,6,8-9H2,1-4H3;1-4H3;2H,1H3/b7-5-;;/t14-,16?,21?;;/m1../s1. The number of fused-ring (bicyclic) bond motifs is 1. The minimum atomic E-state index is 0.0417. The van der Waals surface area contributed by atoms with Crippen molar-refractivity contribution >= 4 is 67.9 Å². The van der Waals surface area contributed by atoms with Gasteiger partial charge in [-0.2, -0.15) is 5.10 Å². The molecule has 41 heavy (non-hydrogen) atoms. The molecule has 4 heterocycles. The van der Waals surface area contributed by atoms with Crippen LogP contribution in [0.1, 0.15) is 73.2 Å².